The van der Waals surface area contributed by atoms with Gasteiger partial charge in [0, 0.05) is 44.1 Å². The van der Waals surface area contributed by atoms with Gasteiger partial charge in [0.05, 0.1) is 25.1 Å². The molecule has 4 heterocycles. The first-order chi connectivity index (χ1) is 14.2. The number of carbonyl (C=O) groups is 2. The number of carbonyl (C=O) groups excluding carboxylic acids is 2. The van der Waals surface area contributed by atoms with E-state index in [4.69, 9.17) is 9.15 Å². The van der Waals surface area contributed by atoms with Crippen molar-refractivity contribution in [1.29, 1.82) is 0 Å². The molecule has 1 amide bonds. The summed E-state index contributed by atoms with van der Waals surface area (Å²) in [5.41, 5.74) is 0.477. The highest BCUT2D eigenvalue weighted by molar-refractivity contribution is 6.46. The Kier molecular flexibility index (Phi) is 5.73. The number of likely N-dealkylation sites (tertiary alicyclic amines) is 1. The van der Waals surface area contributed by atoms with E-state index < -0.39 is 17.7 Å². The molecule has 0 unspecified atom stereocenters. The van der Waals surface area contributed by atoms with Crippen LogP contribution in [-0.4, -0.2) is 71.0 Å². The van der Waals surface area contributed by atoms with Crippen molar-refractivity contribution in [3.8, 4) is 0 Å². The number of aliphatic hydroxyl groups excluding tert-OH is 1. The van der Waals surface area contributed by atoms with Crippen molar-refractivity contribution in [2.75, 3.05) is 39.4 Å². The fourth-order valence-electron chi connectivity index (χ4n) is 3.81. The molecule has 0 aliphatic carbocycles. The first-order valence-electron chi connectivity index (χ1n) is 9.69. The Morgan fingerprint density at radius 2 is 1.90 bits per heavy atom. The number of rotatable bonds is 6. The Balaban J connectivity index is 1.60. The molecule has 29 heavy (non-hydrogen) atoms. The number of morpholine rings is 1. The lowest BCUT2D eigenvalue weighted by Gasteiger charge is -2.28. The zero-order valence-corrected chi connectivity index (χ0v) is 16.0. The molecule has 0 spiro atoms. The number of Topliss-reactive ketones (excluding diaryl/α,β-unsaturated/α-hetero) is 1. The van der Waals surface area contributed by atoms with E-state index in [1.165, 1.54) is 23.6 Å². The molecular weight excluding hydrogens is 374 g/mol. The van der Waals surface area contributed by atoms with E-state index in [9.17, 15) is 14.7 Å². The third-order valence-corrected chi connectivity index (χ3v) is 5.28. The summed E-state index contributed by atoms with van der Waals surface area (Å²) < 4.78 is 10.9. The minimum absolute atomic E-state index is 0.0440. The van der Waals surface area contributed by atoms with Crippen LogP contribution < -0.4 is 0 Å². The second-order valence-corrected chi connectivity index (χ2v) is 7.05. The van der Waals surface area contributed by atoms with Crippen LogP contribution in [0.5, 0.6) is 0 Å². The van der Waals surface area contributed by atoms with Crippen LogP contribution in [0.4, 0.5) is 0 Å². The van der Waals surface area contributed by atoms with E-state index in [-0.39, 0.29) is 11.3 Å². The van der Waals surface area contributed by atoms with E-state index >= 15 is 0 Å². The van der Waals surface area contributed by atoms with Crippen LogP contribution in [0.15, 0.2) is 52.9 Å². The van der Waals surface area contributed by atoms with Crippen molar-refractivity contribution in [2.24, 2.45) is 0 Å². The zero-order chi connectivity index (χ0) is 20.2. The SMILES string of the molecule is O=C1C(=O)N(CCCN2CCOCC2)[C@@H](c2ccco2)C1=C(O)c1ccncc1. The Morgan fingerprint density at radius 3 is 2.59 bits per heavy atom. The number of aliphatic hydroxyl groups is 1. The van der Waals surface area contributed by atoms with Crippen molar-refractivity contribution in [1.82, 2.24) is 14.8 Å². The first-order valence-corrected chi connectivity index (χ1v) is 9.69. The first kappa shape index (κ1) is 19.4. The van der Waals surface area contributed by atoms with Crippen LogP contribution in [0.2, 0.25) is 0 Å². The lowest BCUT2D eigenvalue weighted by molar-refractivity contribution is -0.140. The Labute approximate surface area is 168 Å². The van der Waals surface area contributed by atoms with Crippen molar-refractivity contribution < 1.29 is 23.8 Å². The van der Waals surface area contributed by atoms with Crippen molar-refractivity contribution >= 4 is 17.4 Å². The molecule has 2 saturated heterocycles. The Morgan fingerprint density at radius 1 is 1.14 bits per heavy atom. The lowest BCUT2D eigenvalue weighted by Crippen LogP contribution is -2.38. The van der Waals surface area contributed by atoms with Crippen LogP contribution >= 0.6 is 0 Å². The number of hydrogen-bond acceptors (Lipinski definition) is 7. The van der Waals surface area contributed by atoms with Crippen LogP contribution in [0.3, 0.4) is 0 Å². The summed E-state index contributed by atoms with van der Waals surface area (Å²) >= 11 is 0. The number of ketones is 1. The molecule has 0 bridgehead atoms. The predicted octanol–water partition coefficient (Wildman–Crippen LogP) is 1.82. The number of pyridine rings is 1. The van der Waals surface area contributed by atoms with Gasteiger partial charge in [-0.05, 0) is 30.7 Å². The number of amides is 1. The summed E-state index contributed by atoms with van der Waals surface area (Å²) in [7, 11) is 0. The van der Waals surface area contributed by atoms with Gasteiger partial charge >= 0.3 is 0 Å². The summed E-state index contributed by atoms with van der Waals surface area (Å²) in [6.07, 6.45) is 5.25. The monoisotopic (exact) mass is 397 g/mol. The fraction of sp³-hybridized carbons (Fsp3) is 0.381. The number of furan rings is 1. The summed E-state index contributed by atoms with van der Waals surface area (Å²) in [6, 6.07) is 5.87. The molecule has 2 aromatic rings. The molecule has 8 nitrogen and oxygen atoms in total. The van der Waals surface area contributed by atoms with Crippen LogP contribution in [0.1, 0.15) is 23.8 Å². The lowest BCUT2D eigenvalue weighted by atomic mass is 10.00. The third kappa shape index (κ3) is 3.94. The van der Waals surface area contributed by atoms with Gasteiger partial charge in [0.15, 0.2) is 0 Å². The van der Waals surface area contributed by atoms with Crippen LogP contribution in [0, 0.1) is 0 Å². The molecule has 2 aliphatic heterocycles. The molecule has 0 saturated carbocycles. The maximum absolute atomic E-state index is 12.8. The van der Waals surface area contributed by atoms with Gasteiger partial charge in [-0.1, -0.05) is 0 Å². The Hall–Kier alpha value is -2.97. The van der Waals surface area contributed by atoms with Gasteiger partial charge < -0.3 is 19.2 Å². The smallest absolute Gasteiger partial charge is 0.295 e. The Bertz CT molecular complexity index is 888. The van der Waals surface area contributed by atoms with E-state index in [0.717, 1.165) is 19.6 Å². The fourth-order valence-corrected chi connectivity index (χ4v) is 3.81. The molecule has 2 fully saturated rings. The number of nitrogens with zero attached hydrogens (tertiary/aromatic N) is 3. The van der Waals surface area contributed by atoms with Crippen LogP contribution in [0.25, 0.3) is 5.76 Å². The highest BCUT2D eigenvalue weighted by Crippen LogP contribution is 2.39. The minimum atomic E-state index is -0.747. The molecule has 2 aliphatic rings. The minimum Gasteiger partial charge on any atom is -0.507 e. The van der Waals surface area contributed by atoms with Gasteiger partial charge in [0.2, 0.25) is 0 Å². The highest BCUT2D eigenvalue weighted by atomic mass is 16.5. The molecule has 152 valence electrons. The van der Waals surface area contributed by atoms with E-state index in [1.54, 1.807) is 24.3 Å². The molecule has 1 atom stereocenters. The van der Waals surface area contributed by atoms with E-state index in [0.29, 0.717) is 37.5 Å². The summed E-state index contributed by atoms with van der Waals surface area (Å²) in [6.45, 7) is 4.35. The standard InChI is InChI=1S/C21H23N3O5/c25-19(15-4-6-22-7-5-15)17-18(16-3-1-12-29-16)24(21(27)20(17)26)9-2-8-23-10-13-28-14-11-23/h1,3-7,12,18,25H,2,8-11,13-14H2/t18-/m0/s1. The van der Waals surface area contributed by atoms with Crippen LogP contribution in [-0.2, 0) is 14.3 Å². The summed E-state index contributed by atoms with van der Waals surface area (Å²) in [4.78, 5) is 33.3. The molecule has 4 rings (SSSR count). The normalized spacial score (nSPS) is 22.3. The van der Waals surface area contributed by atoms with E-state index in [1.807, 2.05) is 0 Å². The van der Waals surface area contributed by atoms with E-state index in [2.05, 4.69) is 9.88 Å². The van der Waals surface area contributed by atoms with Crippen molar-refractivity contribution in [2.45, 2.75) is 12.5 Å². The topological polar surface area (TPSA) is 96.1 Å². The predicted molar refractivity (Wildman–Crippen MR) is 104 cm³/mol. The number of hydrogen-bond donors (Lipinski definition) is 1. The quantitative estimate of drug-likeness (QED) is 0.451. The zero-order valence-electron chi connectivity index (χ0n) is 16.0. The largest absolute Gasteiger partial charge is 0.507 e. The molecule has 2 aromatic heterocycles. The average Bonchev–Trinajstić information content (AvgIpc) is 3.37. The van der Waals surface area contributed by atoms with Gasteiger partial charge in [-0.2, -0.15) is 0 Å². The molecule has 8 heteroatoms. The molecule has 0 aromatic carbocycles. The molecule has 1 N–H and O–H groups in total. The maximum Gasteiger partial charge on any atom is 0.295 e. The molecular formula is C21H23N3O5. The van der Waals surface area contributed by atoms with Crippen molar-refractivity contribution in [3.05, 3.63) is 59.8 Å². The highest BCUT2D eigenvalue weighted by Gasteiger charge is 2.47. The van der Waals surface area contributed by atoms with Crippen molar-refractivity contribution in [3.63, 3.8) is 0 Å². The number of ether oxygens (including phenoxy) is 1. The average molecular weight is 397 g/mol. The van der Waals surface area contributed by atoms with Gasteiger partial charge in [-0.3, -0.25) is 19.5 Å². The van der Waals surface area contributed by atoms with Gasteiger partial charge in [-0.25, -0.2) is 0 Å². The van der Waals surface area contributed by atoms with Gasteiger partial charge in [-0.15, -0.1) is 0 Å². The maximum atomic E-state index is 12.8. The summed E-state index contributed by atoms with van der Waals surface area (Å²) in [5.74, 6) is -1.09. The second-order valence-electron chi connectivity index (χ2n) is 7.05. The summed E-state index contributed by atoms with van der Waals surface area (Å²) in [5, 5.41) is 10.8. The van der Waals surface area contributed by atoms with Gasteiger partial charge in [0.1, 0.15) is 17.6 Å². The number of aromatic nitrogens is 1. The van der Waals surface area contributed by atoms with Gasteiger partial charge in [0.25, 0.3) is 11.7 Å². The third-order valence-electron chi connectivity index (χ3n) is 5.28. The second kappa shape index (κ2) is 8.59. The molecule has 0 radical (unpaired) electrons.